The molecule has 3 aromatic heterocycles. The van der Waals surface area contributed by atoms with Gasteiger partial charge < -0.3 is 0 Å². The van der Waals surface area contributed by atoms with Crippen LogP contribution < -0.4 is 4.40 Å². The number of fused-ring (bicyclic) bond motifs is 4. The highest BCUT2D eigenvalue weighted by atomic mass is 15.2. The number of imidazole rings is 2. The molecule has 5 rings (SSSR count). The maximum absolute atomic E-state index is 9.74. The Bertz CT molecular complexity index is 1100. The van der Waals surface area contributed by atoms with Gasteiger partial charge in [-0.25, -0.2) is 9.55 Å². The van der Waals surface area contributed by atoms with Crippen LogP contribution in [0.25, 0.3) is 22.5 Å². The first-order chi connectivity index (χ1) is 11.4. The van der Waals surface area contributed by atoms with Crippen molar-refractivity contribution >= 4 is 16.7 Å². The van der Waals surface area contributed by atoms with E-state index >= 15 is 0 Å². The Balaban J connectivity index is 2.08. The molecule has 110 valence electrons. The van der Waals surface area contributed by atoms with E-state index in [1.165, 1.54) is 11.1 Å². The van der Waals surface area contributed by atoms with Gasteiger partial charge in [0.25, 0.3) is 0 Å². The SMILES string of the molecule is N#Cc1c2c(c(-n3ccnc3)[n+]3c1[nH]c1ccccc13)CCC2. The number of nitriles is 1. The quantitative estimate of drug-likeness (QED) is 0.549. The molecular weight excluding hydrogens is 286 g/mol. The Morgan fingerprint density at radius 1 is 1.22 bits per heavy atom. The number of benzene rings is 1. The fourth-order valence-corrected chi connectivity index (χ4v) is 3.79. The lowest BCUT2D eigenvalue weighted by molar-refractivity contribution is -0.476. The number of H-pyrrole nitrogens is 1. The molecule has 5 heteroatoms. The molecule has 0 saturated carbocycles. The van der Waals surface area contributed by atoms with E-state index in [2.05, 4.69) is 31.1 Å². The van der Waals surface area contributed by atoms with Crippen molar-refractivity contribution < 1.29 is 4.40 Å². The van der Waals surface area contributed by atoms with Crippen LogP contribution in [0, 0.1) is 11.3 Å². The van der Waals surface area contributed by atoms with E-state index in [1.807, 2.05) is 30.7 Å². The third-order valence-corrected chi connectivity index (χ3v) is 4.72. The van der Waals surface area contributed by atoms with Crippen molar-refractivity contribution in [2.75, 3.05) is 0 Å². The Morgan fingerprint density at radius 3 is 2.91 bits per heavy atom. The monoisotopic (exact) mass is 300 g/mol. The van der Waals surface area contributed by atoms with Crippen LogP contribution in [-0.2, 0) is 12.8 Å². The minimum Gasteiger partial charge on any atom is -0.269 e. The van der Waals surface area contributed by atoms with E-state index in [9.17, 15) is 5.26 Å². The third kappa shape index (κ3) is 1.55. The van der Waals surface area contributed by atoms with Crippen molar-refractivity contribution in [2.45, 2.75) is 19.3 Å². The van der Waals surface area contributed by atoms with Crippen molar-refractivity contribution in [3.63, 3.8) is 0 Å². The lowest BCUT2D eigenvalue weighted by Gasteiger charge is -2.09. The standard InChI is InChI=1S/C18H13N5/c19-10-14-12-4-3-5-13(12)18(22-9-8-20-11-22)23-16-7-2-1-6-15(16)21-17(14)23/h1-2,6-9,11H,3-5H2/p+1. The summed E-state index contributed by atoms with van der Waals surface area (Å²) < 4.78 is 4.22. The van der Waals surface area contributed by atoms with Crippen LogP contribution in [0.5, 0.6) is 0 Å². The smallest absolute Gasteiger partial charge is 0.250 e. The molecule has 1 aliphatic rings. The summed E-state index contributed by atoms with van der Waals surface area (Å²) in [7, 11) is 0. The second-order valence-corrected chi connectivity index (χ2v) is 5.92. The van der Waals surface area contributed by atoms with Gasteiger partial charge in [-0.05, 0) is 37.0 Å². The highest BCUT2D eigenvalue weighted by molar-refractivity contribution is 5.77. The molecule has 23 heavy (non-hydrogen) atoms. The van der Waals surface area contributed by atoms with E-state index in [1.54, 1.807) is 6.20 Å². The number of nitrogens with one attached hydrogen (secondary N) is 1. The Kier molecular flexibility index (Phi) is 2.39. The van der Waals surface area contributed by atoms with Gasteiger partial charge in [-0.1, -0.05) is 12.1 Å². The second kappa shape index (κ2) is 4.43. The molecule has 0 amide bonds. The predicted octanol–water partition coefficient (Wildman–Crippen LogP) is 2.45. The number of nitrogens with zero attached hydrogens (tertiary/aromatic N) is 4. The molecule has 0 aliphatic heterocycles. The van der Waals surface area contributed by atoms with Gasteiger partial charge >= 0.3 is 0 Å². The molecule has 3 heterocycles. The number of aromatic nitrogens is 4. The number of hydrogen-bond donors (Lipinski definition) is 1. The van der Waals surface area contributed by atoms with Gasteiger partial charge in [0.15, 0.2) is 6.33 Å². The fraction of sp³-hybridized carbons (Fsp3) is 0.167. The van der Waals surface area contributed by atoms with E-state index in [0.29, 0.717) is 0 Å². The lowest BCUT2D eigenvalue weighted by atomic mass is 10.1. The molecule has 0 unspecified atom stereocenters. The summed E-state index contributed by atoms with van der Waals surface area (Å²) in [6, 6.07) is 10.6. The molecular formula is C18H14N5+. The van der Waals surface area contributed by atoms with Gasteiger partial charge in [-0.3, -0.25) is 4.98 Å². The maximum atomic E-state index is 9.74. The number of pyridine rings is 1. The van der Waals surface area contributed by atoms with Crippen LogP contribution in [0.3, 0.4) is 0 Å². The van der Waals surface area contributed by atoms with Crippen molar-refractivity contribution in [3.8, 4) is 11.9 Å². The van der Waals surface area contributed by atoms with Crippen LogP contribution in [0.15, 0.2) is 43.0 Å². The Morgan fingerprint density at radius 2 is 2.09 bits per heavy atom. The van der Waals surface area contributed by atoms with E-state index in [0.717, 1.165) is 47.3 Å². The maximum Gasteiger partial charge on any atom is 0.250 e. The zero-order chi connectivity index (χ0) is 15.4. The molecule has 0 spiro atoms. The fourth-order valence-electron chi connectivity index (χ4n) is 3.79. The van der Waals surface area contributed by atoms with Gasteiger partial charge in [-0.2, -0.15) is 9.66 Å². The number of para-hydroxylation sites is 2. The van der Waals surface area contributed by atoms with Crippen molar-refractivity contribution in [1.29, 1.82) is 5.26 Å². The van der Waals surface area contributed by atoms with Gasteiger partial charge in [0, 0.05) is 5.56 Å². The summed E-state index contributed by atoms with van der Waals surface area (Å²) in [5.41, 5.74) is 6.21. The second-order valence-electron chi connectivity index (χ2n) is 5.92. The molecule has 0 radical (unpaired) electrons. The summed E-state index contributed by atoms with van der Waals surface area (Å²) in [5, 5.41) is 9.74. The molecule has 0 saturated heterocycles. The summed E-state index contributed by atoms with van der Waals surface area (Å²) in [4.78, 5) is 7.65. The van der Waals surface area contributed by atoms with Crippen molar-refractivity contribution in [1.82, 2.24) is 14.5 Å². The van der Waals surface area contributed by atoms with Crippen LogP contribution >= 0.6 is 0 Å². The minimum atomic E-state index is 0.776. The summed E-state index contributed by atoms with van der Waals surface area (Å²) in [6.07, 6.45) is 8.64. The zero-order valence-electron chi connectivity index (χ0n) is 12.5. The topological polar surface area (TPSA) is 61.5 Å². The molecule has 1 aliphatic carbocycles. The first-order valence-corrected chi connectivity index (χ1v) is 7.77. The van der Waals surface area contributed by atoms with Crippen LogP contribution in [-0.4, -0.2) is 14.5 Å². The minimum absolute atomic E-state index is 0.776. The largest absolute Gasteiger partial charge is 0.269 e. The predicted molar refractivity (Wildman–Crippen MR) is 85.3 cm³/mol. The van der Waals surface area contributed by atoms with E-state index < -0.39 is 0 Å². The normalized spacial score (nSPS) is 13.5. The zero-order valence-corrected chi connectivity index (χ0v) is 12.5. The van der Waals surface area contributed by atoms with Crippen molar-refractivity contribution in [2.24, 2.45) is 0 Å². The summed E-state index contributed by atoms with van der Waals surface area (Å²) in [5.74, 6) is 1.10. The molecule has 1 N–H and O–H groups in total. The highest BCUT2D eigenvalue weighted by Gasteiger charge is 2.30. The average molecular weight is 300 g/mol. The molecule has 4 aromatic rings. The lowest BCUT2D eigenvalue weighted by Crippen LogP contribution is -2.30. The van der Waals surface area contributed by atoms with Gasteiger partial charge in [0.2, 0.25) is 11.5 Å². The number of aromatic amines is 1. The summed E-state index contributed by atoms with van der Waals surface area (Å²) in [6.45, 7) is 0. The Hall–Kier alpha value is -3.13. The van der Waals surface area contributed by atoms with E-state index in [4.69, 9.17) is 0 Å². The summed E-state index contributed by atoms with van der Waals surface area (Å²) >= 11 is 0. The highest BCUT2D eigenvalue weighted by Crippen LogP contribution is 2.31. The molecule has 0 fully saturated rings. The van der Waals surface area contributed by atoms with Crippen molar-refractivity contribution in [3.05, 3.63) is 59.7 Å². The van der Waals surface area contributed by atoms with Crippen LogP contribution in [0.4, 0.5) is 0 Å². The average Bonchev–Trinajstić information content (AvgIpc) is 3.31. The van der Waals surface area contributed by atoms with Gasteiger partial charge in [0.05, 0.1) is 12.4 Å². The molecule has 0 atom stereocenters. The van der Waals surface area contributed by atoms with E-state index in [-0.39, 0.29) is 0 Å². The van der Waals surface area contributed by atoms with Gasteiger partial charge in [-0.15, -0.1) is 0 Å². The molecule has 5 nitrogen and oxygen atoms in total. The van der Waals surface area contributed by atoms with Crippen LogP contribution in [0.2, 0.25) is 0 Å². The number of rotatable bonds is 1. The third-order valence-electron chi connectivity index (χ3n) is 4.72. The molecule has 0 bridgehead atoms. The number of hydrogen-bond acceptors (Lipinski definition) is 2. The van der Waals surface area contributed by atoms with Crippen LogP contribution in [0.1, 0.15) is 23.1 Å². The van der Waals surface area contributed by atoms with Gasteiger partial charge in [0.1, 0.15) is 22.7 Å². The first-order valence-electron chi connectivity index (χ1n) is 7.77. The Labute approximate surface area is 132 Å². The first kappa shape index (κ1) is 12.4. The molecule has 1 aromatic carbocycles.